The second-order valence-corrected chi connectivity index (χ2v) is 4.68. The number of carbonyl (C=O) groups is 2. The first kappa shape index (κ1) is 11.3. The van der Waals surface area contributed by atoms with Gasteiger partial charge in [0.2, 0.25) is 5.91 Å². The zero-order valence-electron chi connectivity index (χ0n) is 9.00. The first-order valence-corrected chi connectivity index (χ1v) is 6.00. The molecule has 0 radical (unpaired) electrons. The van der Waals surface area contributed by atoms with Gasteiger partial charge < -0.3 is 0 Å². The van der Waals surface area contributed by atoms with Crippen LogP contribution < -0.4 is 0 Å². The number of amides is 2. The van der Waals surface area contributed by atoms with E-state index in [1.807, 2.05) is 19.1 Å². The van der Waals surface area contributed by atoms with Crippen molar-refractivity contribution in [2.75, 3.05) is 6.54 Å². The SMILES string of the molecule is Cc1cccc(C(=O)N2CCCC2=O)c1Br. The molecule has 1 saturated heterocycles. The van der Waals surface area contributed by atoms with Crippen LogP contribution in [-0.2, 0) is 4.79 Å². The molecule has 2 amide bonds. The van der Waals surface area contributed by atoms with E-state index < -0.39 is 0 Å². The number of likely N-dealkylation sites (tertiary alicyclic amines) is 1. The number of hydrogen-bond donors (Lipinski definition) is 0. The van der Waals surface area contributed by atoms with E-state index >= 15 is 0 Å². The molecule has 0 bridgehead atoms. The van der Waals surface area contributed by atoms with Crippen molar-refractivity contribution < 1.29 is 9.59 Å². The fourth-order valence-electron chi connectivity index (χ4n) is 1.82. The van der Waals surface area contributed by atoms with Gasteiger partial charge in [0.1, 0.15) is 0 Å². The highest BCUT2D eigenvalue weighted by molar-refractivity contribution is 9.10. The number of benzene rings is 1. The highest BCUT2D eigenvalue weighted by Crippen LogP contribution is 2.24. The zero-order chi connectivity index (χ0) is 11.7. The molecular formula is C12H12BrNO2. The fourth-order valence-corrected chi connectivity index (χ4v) is 2.25. The van der Waals surface area contributed by atoms with Gasteiger partial charge in [-0.15, -0.1) is 0 Å². The highest BCUT2D eigenvalue weighted by atomic mass is 79.9. The van der Waals surface area contributed by atoms with Crippen molar-refractivity contribution in [1.82, 2.24) is 4.90 Å². The van der Waals surface area contributed by atoms with E-state index in [2.05, 4.69) is 15.9 Å². The summed E-state index contributed by atoms with van der Waals surface area (Å²) in [6, 6.07) is 5.49. The maximum absolute atomic E-state index is 12.1. The van der Waals surface area contributed by atoms with Gasteiger partial charge in [-0.2, -0.15) is 0 Å². The normalized spacial score (nSPS) is 15.6. The van der Waals surface area contributed by atoms with E-state index in [9.17, 15) is 9.59 Å². The molecule has 4 heteroatoms. The summed E-state index contributed by atoms with van der Waals surface area (Å²) in [6.45, 7) is 2.46. The number of nitrogens with zero attached hydrogens (tertiary/aromatic N) is 1. The van der Waals surface area contributed by atoms with Gasteiger partial charge in [-0.1, -0.05) is 12.1 Å². The minimum Gasteiger partial charge on any atom is -0.278 e. The minimum absolute atomic E-state index is 0.0709. The van der Waals surface area contributed by atoms with Gasteiger partial charge in [0.25, 0.3) is 5.91 Å². The smallest absolute Gasteiger partial charge is 0.261 e. The van der Waals surface area contributed by atoms with Crippen molar-refractivity contribution in [3.63, 3.8) is 0 Å². The van der Waals surface area contributed by atoms with Gasteiger partial charge in [-0.3, -0.25) is 14.5 Å². The molecule has 1 heterocycles. The summed E-state index contributed by atoms with van der Waals surface area (Å²) >= 11 is 3.39. The van der Waals surface area contributed by atoms with Gasteiger partial charge in [-0.25, -0.2) is 0 Å². The molecule has 16 heavy (non-hydrogen) atoms. The molecule has 1 fully saturated rings. The lowest BCUT2D eigenvalue weighted by Crippen LogP contribution is -2.32. The van der Waals surface area contributed by atoms with Crippen molar-refractivity contribution in [3.8, 4) is 0 Å². The first-order valence-electron chi connectivity index (χ1n) is 5.21. The number of aryl methyl sites for hydroxylation is 1. The maximum atomic E-state index is 12.1. The van der Waals surface area contributed by atoms with Gasteiger partial charge in [0, 0.05) is 17.4 Å². The Labute approximate surface area is 103 Å². The van der Waals surface area contributed by atoms with Crippen molar-refractivity contribution in [1.29, 1.82) is 0 Å². The predicted molar refractivity (Wildman–Crippen MR) is 64.2 cm³/mol. The Kier molecular flexibility index (Phi) is 3.10. The quantitative estimate of drug-likeness (QED) is 0.742. The summed E-state index contributed by atoms with van der Waals surface area (Å²) in [6.07, 6.45) is 1.25. The number of carbonyl (C=O) groups excluding carboxylic acids is 2. The van der Waals surface area contributed by atoms with Crippen LogP contribution >= 0.6 is 15.9 Å². The van der Waals surface area contributed by atoms with Crippen molar-refractivity contribution >= 4 is 27.7 Å². The van der Waals surface area contributed by atoms with Crippen LogP contribution in [0.15, 0.2) is 22.7 Å². The third kappa shape index (κ3) is 1.89. The molecule has 0 unspecified atom stereocenters. The van der Waals surface area contributed by atoms with Crippen molar-refractivity contribution in [3.05, 3.63) is 33.8 Å². The number of hydrogen-bond acceptors (Lipinski definition) is 2. The lowest BCUT2D eigenvalue weighted by Gasteiger charge is -2.15. The molecule has 2 rings (SSSR count). The molecule has 3 nitrogen and oxygen atoms in total. The van der Waals surface area contributed by atoms with Crippen LogP contribution in [0.4, 0.5) is 0 Å². The van der Waals surface area contributed by atoms with Crippen LogP contribution in [-0.4, -0.2) is 23.3 Å². The Balaban J connectivity index is 2.34. The van der Waals surface area contributed by atoms with Crippen LogP contribution in [0.2, 0.25) is 0 Å². The second-order valence-electron chi connectivity index (χ2n) is 3.89. The molecule has 1 aromatic carbocycles. The summed E-state index contributed by atoms with van der Waals surface area (Å²) < 4.78 is 0.778. The fraction of sp³-hybridized carbons (Fsp3) is 0.333. The third-order valence-corrected chi connectivity index (χ3v) is 3.79. The molecule has 0 aromatic heterocycles. The molecule has 1 aliphatic heterocycles. The van der Waals surface area contributed by atoms with E-state index in [1.54, 1.807) is 6.07 Å². The third-order valence-electron chi connectivity index (χ3n) is 2.74. The molecule has 0 aliphatic carbocycles. The average molecular weight is 282 g/mol. The van der Waals surface area contributed by atoms with E-state index in [4.69, 9.17) is 0 Å². The Morgan fingerprint density at radius 2 is 2.19 bits per heavy atom. The summed E-state index contributed by atoms with van der Waals surface area (Å²) in [5.41, 5.74) is 1.56. The molecule has 0 saturated carbocycles. The molecule has 0 N–H and O–H groups in total. The monoisotopic (exact) mass is 281 g/mol. The first-order chi connectivity index (χ1) is 7.61. The molecule has 1 aromatic rings. The van der Waals surface area contributed by atoms with Crippen LogP contribution in [0.1, 0.15) is 28.8 Å². The molecule has 84 valence electrons. The standard InChI is InChI=1S/C12H12BrNO2/c1-8-4-2-5-9(11(8)13)12(16)14-7-3-6-10(14)15/h2,4-5H,3,6-7H2,1H3. The summed E-state index contributed by atoms with van der Waals surface area (Å²) in [4.78, 5) is 24.9. The van der Waals surface area contributed by atoms with E-state index in [-0.39, 0.29) is 11.8 Å². The van der Waals surface area contributed by atoms with Crippen LogP contribution in [0.3, 0.4) is 0 Å². The van der Waals surface area contributed by atoms with E-state index in [0.29, 0.717) is 18.5 Å². The van der Waals surface area contributed by atoms with Gasteiger partial charge in [-0.05, 0) is 40.9 Å². The second kappa shape index (κ2) is 4.37. The lowest BCUT2D eigenvalue weighted by molar-refractivity contribution is -0.125. The number of halogens is 1. The zero-order valence-corrected chi connectivity index (χ0v) is 10.6. The van der Waals surface area contributed by atoms with Gasteiger partial charge in [0.05, 0.1) is 5.56 Å². The minimum atomic E-state index is -0.196. The summed E-state index contributed by atoms with van der Waals surface area (Å²) in [5.74, 6) is -0.267. The van der Waals surface area contributed by atoms with Gasteiger partial charge >= 0.3 is 0 Å². The Hall–Kier alpha value is -1.16. The van der Waals surface area contributed by atoms with Crippen LogP contribution in [0.5, 0.6) is 0 Å². The van der Waals surface area contributed by atoms with Crippen molar-refractivity contribution in [2.24, 2.45) is 0 Å². The molecule has 1 aliphatic rings. The van der Waals surface area contributed by atoms with Gasteiger partial charge in [0.15, 0.2) is 0 Å². The van der Waals surface area contributed by atoms with Crippen LogP contribution in [0, 0.1) is 6.92 Å². The highest BCUT2D eigenvalue weighted by Gasteiger charge is 2.28. The molecule has 0 atom stereocenters. The van der Waals surface area contributed by atoms with Crippen LogP contribution in [0.25, 0.3) is 0 Å². The molecular weight excluding hydrogens is 270 g/mol. The number of rotatable bonds is 1. The lowest BCUT2D eigenvalue weighted by atomic mass is 10.1. The van der Waals surface area contributed by atoms with Crippen molar-refractivity contribution in [2.45, 2.75) is 19.8 Å². The van der Waals surface area contributed by atoms with E-state index in [0.717, 1.165) is 16.5 Å². The maximum Gasteiger partial charge on any atom is 0.261 e. The summed E-state index contributed by atoms with van der Waals surface area (Å²) in [7, 11) is 0. The van der Waals surface area contributed by atoms with E-state index in [1.165, 1.54) is 4.90 Å². The Morgan fingerprint density at radius 1 is 1.44 bits per heavy atom. The number of imide groups is 1. The summed E-state index contributed by atoms with van der Waals surface area (Å²) in [5, 5.41) is 0. The Bertz CT molecular complexity index is 456. The topological polar surface area (TPSA) is 37.4 Å². The average Bonchev–Trinajstić information content (AvgIpc) is 2.68. The predicted octanol–water partition coefficient (Wildman–Crippen LogP) is 2.52. The molecule has 0 spiro atoms. The Morgan fingerprint density at radius 3 is 2.81 bits per heavy atom. The largest absolute Gasteiger partial charge is 0.278 e.